The Kier molecular flexibility index (Phi) is 4.06. The van der Waals surface area contributed by atoms with E-state index in [1.165, 1.54) is 0 Å². The third-order valence-electron chi connectivity index (χ3n) is 5.03. The average Bonchev–Trinajstić information content (AvgIpc) is 3.01. The van der Waals surface area contributed by atoms with Gasteiger partial charge in [-0.1, -0.05) is 0 Å². The molecule has 3 saturated heterocycles. The van der Waals surface area contributed by atoms with E-state index in [9.17, 15) is 9.59 Å². The van der Waals surface area contributed by atoms with Gasteiger partial charge in [0.15, 0.2) is 0 Å². The minimum atomic E-state index is -0.0737. The highest BCUT2D eigenvalue weighted by molar-refractivity contribution is 5.78. The maximum absolute atomic E-state index is 12.2. The Hall–Kier alpha value is -1.30. The molecule has 3 fully saturated rings. The summed E-state index contributed by atoms with van der Waals surface area (Å²) in [5.41, 5.74) is 0. The Morgan fingerprint density at radius 1 is 1.14 bits per heavy atom. The van der Waals surface area contributed by atoms with E-state index >= 15 is 0 Å². The van der Waals surface area contributed by atoms with E-state index in [4.69, 9.17) is 4.74 Å². The number of rotatable bonds is 3. The second-order valence-electron chi connectivity index (χ2n) is 6.32. The molecule has 21 heavy (non-hydrogen) atoms. The molecule has 0 unspecified atom stereocenters. The molecule has 6 heteroatoms. The molecule has 0 aromatic rings. The number of likely N-dealkylation sites (N-methyl/N-ethyl adjacent to an activating group) is 1. The molecule has 118 valence electrons. The number of urea groups is 1. The first-order valence-corrected chi connectivity index (χ1v) is 8.10. The number of hydrogen-bond acceptors (Lipinski definition) is 4. The van der Waals surface area contributed by atoms with Crippen LogP contribution < -0.4 is 0 Å². The van der Waals surface area contributed by atoms with E-state index in [1.54, 1.807) is 0 Å². The van der Waals surface area contributed by atoms with Gasteiger partial charge in [0.25, 0.3) is 0 Å². The predicted molar refractivity (Wildman–Crippen MR) is 77.9 cm³/mol. The van der Waals surface area contributed by atoms with E-state index in [2.05, 4.69) is 4.90 Å². The summed E-state index contributed by atoms with van der Waals surface area (Å²) in [7, 11) is 0. The Balaban J connectivity index is 1.54. The predicted octanol–water partition coefficient (Wildman–Crippen LogP) is 0.912. The number of ether oxygens (including phenoxy) is 1. The van der Waals surface area contributed by atoms with Crippen molar-refractivity contribution in [3.63, 3.8) is 0 Å². The molecule has 0 radical (unpaired) electrons. The third kappa shape index (κ3) is 2.73. The number of amides is 2. The molecule has 0 aliphatic carbocycles. The first-order chi connectivity index (χ1) is 10.1. The molecule has 3 heterocycles. The van der Waals surface area contributed by atoms with Crippen LogP contribution in [0.4, 0.5) is 4.79 Å². The van der Waals surface area contributed by atoms with Gasteiger partial charge in [0.05, 0.1) is 0 Å². The van der Waals surface area contributed by atoms with Gasteiger partial charge in [-0.15, -0.1) is 0 Å². The molecule has 0 saturated carbocycles. The first-order valence-electron chi connectivity index (χ1n) is 8.10. The zero-order valence-corrected chi connectivity index (χ0v) is 13.0. The zero-order chi connectivity index (χ0) is 15.0. The Morgan fingerprint density at radius 2 is 1.86 bits per heavy atom. The van der Waals surface area contributed by atoms with Crippen molar-refractivity contribution in [2.45, 2.75) is 51.3 Å². The Morgan fingerprint density at radius 3 is 2.38 bits per heavy atom. The molecule has 3 rings (SSSR count). The van der Waals surface area contributed by atoms with E-state index in [1.807, 2.05) is 23.6 Å². The van der Waals surface area contributed by atoms with Crippen LogP contribution >= 0.6 is 0 Å². The number of carbonyl (C=O) groups excluding carboxylic acids is 2. The molecule has 0 aromatic heterocycles. The van der Waals surface area contributed by atoms with Gasteiger partial charge in [-0.2, -0.15) is 0 Å². The number of hydrogen-bond donors (Lipinski definition) is 0. The molecule has 3 aliphatic rings. The highest BCUT2D eigenvalue weighted by atomic mass is 16.6. The van der Waals surface area contributed by atoms with Crippen LogP contribution in [0.1, 0.15) is 33.1 Å². The van der Waals surface area contributed by atoms with Gasteiger partial charge in [0, 0.05) is 45.2 Å². The molecule has 2 atom stereocenters. The number of esters is 1. The molecule has 0 aromatic carbocycles. The molecule has 0 spiro atoms. The molecule has 0 bridgehead atoms. The molecular weight excluding hydrogens is 270 g/mol. The summed E-state index contributed by atoms with van der Waals surface area (Å²) in [6, 6.07) is 0.451. The smallest absolute Gasteiger partial charge is 0.323 e. The van der Waals surface area contributed by atoms with Crippen molar-refractivity contribution < 1.29 is 14.3 Å². The lowest BCUT2D eigenvalue weighted by Gasteiger charge is -2.38. The van der Waals surface area contributed by atoms with Crippen LogP contribution in [-0.4, -0.2) is 77.6 Å². The average molecular weight is 295 g/mol. The first kappa shape index (κ1) is 14.6. The molecule has 2 amide bonds. The SMILES string of the molecule is CCN1CCN(C2CCN([C@H]3C[C@H](C)OC3=O)CC2)C1=O. The van der Waals surface area contributed by atoms with Gasteiger partial charge in [-0.25, -0.2) is 4.79 Å². The lowest BCUT2D eigenvalue weighted by molar-refractivity contribution is -0.145. The maximum Gasteiger partial charge on any atom is 0.323 e. The van der Waals surface area contributed by atoms with Crippen LogP contribution in [0.15, 0.2) is 0 Å². The highest BCUT2D eigenvalue weighted by Crippen LogP contribution is 2.26. The van der Waals surface area contributed by atoms with Crippen LogP contribution in [0.2, 0.25) is 0 Å². The van der Waals surface area contributed by atoms with Crippen molar-refractivity contribution in [3.8, 4) is 0 Å². The molecule has 3 aliphatic heterocycles. The van der Waals surface area contributed by atoms with E-state index in [-0.39, 0.29) is 24.1 Å². The second-order valence-corrected chi connectivity index (χ2v) is 6.32. The van der Waals surface area contributed by atoms with Gasteiger partial charge in [0.1, 0.15) is 12.1 Å². The zero-order valence-electron chi connectivity index (χ0n) is 13.0. The fraction of sp³-hybridized carbons (Fsp3) is 0.867. The summed E-state index contributed by atoms with van der Waals surface area (Å²) < 4.78 is 5.25. The molecule has 6 nitrogen and oxygen atoms in total. The summed E-state index contributed by atoms with van der Waals surface area (Å²) in [6.45, 7) is 8.23. The van der Waals surface area contributed by atoms with E-state index < -0.39 is 0 Å². The Labute approximate surface area is 126 Å². The van der Waals surface area contributed by atoms with Gasteiger partial charge in [-0.05, 0) is 26.7 Å². The number of carbonyl (C=O) groups is 2. The number of likely N-dealkylation sites (tertiary alicyclic amines) is 1. The van der Waals surface area contributed by atoms with Crippen molar-refractivity contribution in [1.29, 1.82) is 0 Å². The number of nitrogens with zero attached hydrogens (tertiary/aromatic N) is 3. The van der Waals surface area contributed by atoms with Crippen molar-refractivity contribution >= 4 is 12.0 Å². The lowest BCUT2D eigenvalue weighted by atomic mass is 10.0. The fourth-order valence-corrected chi connectivity index (χ4v) is 3.78. The fourth-order valence-electron chi connectivity index (χ4n) is 3.78. The van der Waals surface area contributed by atoms with Crippen molar-refractivity contribution in [1.82, 2.24) is 14.7 Å². The van der Waals surface area contributed by atoms with Crippen molar-refractivity contribution in [2.75, 3.05) is 32.7 Å². The lowest BCUT2D eigenvalue weighted by Crippen LogP contribution is -2.50. The maximum atomic E-state index is 12.2. The third-order valence-corrected chi connectivity index (χ3v) is 5.03. The largest absolute Gasteiger partial charge is 0.461 e. The summed E-state index contributed by atoms with van der Waals surface area (Å²) in [5.74, 6) is -0.0737. The second kappa shape index (κ2) is 5.83. The van der Waals surface area contributed by atoms with Gasteiger partial charge < -0.3 is 14.5 Å². The van der Waals surface area contributed by atoms with Crippen molar-refractivity contribution in [3.05, 3.63) is 0 Å². The van der Waals surface area contributed by atoms with Gasteiger partial charge >= 0.3 is 12.0 Å². The van der Waals surface area contributed by atoms with Crippen LogP contribution in [-0.2, 0) is 9.53 Å². The summed E-state index contributed by atoms with van der Waals surface area (Å²) in [5, 5.41) is 0. The van der Waals surface area contributed by atoms with Crippen LogP contribution in [0.5, 0.6) is 0 Å². The summed E-state index contributed by atoms with van der Waals surface area (Å²) >= 11 is 0. The van der Waals surface area contributed by atoms with Crippen molar-refractivity contribution in [2.24, 2.45) is 0 Å². The van der Waals surface area contributed by atoms with E-state index in [0.717, 1.165) is 52.0 Å². The quantitative estimate of drug-likeness (QED) is 0.726. The summed E-state index contributed by atoms with van der Waals surface area (Å²) in [6.07, 6.45) is 2.76. The normalized spacial score (nSPS) is 32.1. The van der Waals surface area contributed by atoms with Gasteiger partial charge in [-0.3, -0.25) is 9.69 Å². The molecular formula is C15H25N3O3. The summed E-state index contributed by atoms with van der Waals surface area (Å²) in [4.78, 5) is 30.2. The monoisotopic (exact) mass is 295 g/mol. The highest BCUT2D eigenvalue weighted by Gasteiger charge is 2.40. The van der Waals surface area contributed by atoms with E-state index in [0.29, 0.717) is 6.04 Å². The number of cyclic esters (lactones) is 1. The van der Waals surface area contributed by atoms with Gasteiger partial charge in [0.2, 0.25) is 0 Å². The minimum absolute atomic E-state index is 0.0403. The topological polar surface area (TPSA) is 53.1 Å². The number of piperidine rings is 1. The van der Waals surface area contributed by atoms with Crippen LogP contribution in [0.3, 0.4) is 0 Å². The van der Waals surface area contributed by atoms with Crippen LogP contribution in [0.25, 0.3) is 0 Å². The Bertz CT molecular complexity index is 420. The van der Waals surface area contributed by atoms with Crippen LogP contribution in [0, 0.1) is 0 Å². The minimum Gasteiger partial charge on any atom is -0.461 e. The standard InChI is InChI=1S/C15H25N3O3/c1-3-16-8-9-18(15(16)20)12-4-6-17(7-5-12)13-10-11(2)21-14(13)19/h11-13H,3-10H2,1-2H3/t11-,13-/m0/s1. The molecule has 0 N–H and O–H groups in total.